The maximum absolute atomic E-state index is 12.4. The van der Waals surface area contributed by atoms with Crippen molar-refractivity contribution in [3.05, 3.63) is 21.0 Å². The lowest BCUT2D eigenvalue weighted by Crippen LogP contribution is -2.45. The number of rotatable bonds is 3. The van der Waals surface area contributed by atoms with Crippen LogP contribution in [0.3, 0.4) is 0 Å². The van der Waals surface area contributed by atoms with Gasteiger partial charge in [0.25, 0.3) is 0 Å². The van der Waals surface area contributed by atoms with Crippen LogP contribution in [-0.2, 0) is 11.8 Å². The summed E-state index contributed by atoms with van der Waals surface area (Å²) in [6.45, 7) is 0. The third-order valence-corrected chi connectivity index (χ3v) is 3.94. The Bertz CT molecular complexity index is 582. The molecule has 0 radical (unpaired) electrons. The number of hydrogen-bond acceptors (Lipinski definition) is 5. The first-order valence-electron chi connectivity index (χ1n) is 6.85. The molecule has 1 fully saturated rings. The molecule has 1 saturated carbocycles. The molecule has 1 aromatic rings. The van der Waals surface area contributed by atoms with Crippen LogP contribution in [0, 0.1) is 0 Å². The van der Waals surface area contributed by atoms with Gasteiger partial charge in [-0.1, -0.05) is 0 Å². The van der Waals surface area contributed by atoms with E-state index < -0.39 is 5.69 Å². The molecule has 112 valence electrons. The fourth-order valence-electron chi connectivity index (χ4n) is 2.79. The van der Waals surface area contributed by atoms with Crippen molar-refractivity contribution >= 4 is 5.95 Å². The molecular formula is C13H22N4O3. The minimum atomic E-state index is -0.460. The van der Waals surface area contributed by atoms with Gasteiger partial charge in [0.2, 0.25) is 5.95 Å². The number of aromatic nitrogens is 3. The van der Waals surface area contributed by atoms with Crippen molar-refractivity contribution < 1.29 is 4.74 Å². The van der Waals surface area contributed by atoms with Gasteiger partial charge in [-0.05, 0) is 25.7 Å². The van der Waals surface area contributed by atoms with Crippen LogP contribution in [0.25, 0.3) is 0 Å². The number of nitrogens with zero attached hydrogens (tertiary/aromatic N) is 4. The average Bonchev–Trinajstić information content (AvgIpc) is 2.43. The second-order valence-electron chi connectivity index (χ2n) is 5.47. The summed E-state index contributed by atoms with van der Waals surface area (Å²) in [5.74, 6) is 0.377. The predicted octanol–water partition coefficient (Wildman–Crippen LogP) is 0.138. The van der Waals surface area contributed by atoms with Gasteiger partial charge in [0.1, 0.15) is 0 Å². The van der Waals surface area contributed by atoms with E-state index >= 15 is 0 Å². The second-order valence-corrected chi connectivity index (χ2v) is 5.47. The Hall–Kier alpha value is -1.63. The summed E-state index contributed by atoms with van der Waals surface area (Å²) >= 11 is 0. The average molecular weight is 282 g/mol. The van der Waals surface area contributed by atoms with Gasteiger partial charge in [0, 0.05) is 34.3 Å². The second kappa shape index (κ2) is 5.78. The SMILES string of the molecule is COC1CCC(n2c(=O)nc(N(C)C)n(C)c2=O)CC1. The van der Waals surface area contributed by atoms with Crippen molar-refractivity contribution in [2.75, 3.05) is 26.1 Å². The number of ether oxygens (including phenoxy) is 1. The molecule has 0 aliphatic heterocycles. The van der Waals surface area contributed by atoms with E-state index in [1.165, 1.54) is 9.13 Å². The lowest BCUT2D eigenvalue weighted by molar-refractivity contribution is 0.0570. The van der Waals surface area contributed by atoms with Crippen LogP contribution in [0.5, 0.6) is 0 Å². The van der Waals surface area contributed by atoms with E-state index in [4.69, 9.17) is 4.74 Å². The minimum absolute atomic E-state index is 0.0729. The smallest absolute Gasteiger partial charge is 0.355 e. The van der Waals surface area contributed by atoms with E-state index in [1.54, 1.807) is 33.2 Å². The van der Waals surface area contributed by atoms with Crippen molar-refractivity contribution in [2.45, 2.75) is 37.8 Å². The zero-order chi connectivity index (χ0) is 14.9. The summed E-state index contributed by atoms with van der Waals surface area (Å²) in [4.78, 5) is 30.2. The van der Waals surface area contributed by atoms with E-state index in [0.29, 0.717) is 5.95 Å². The van der Waals surface area contributed by atoms with Gasteiger partial charge in [-0.25, -0.2) is 14.2 Å². The summed E-state index contributed by atoms with van der Waals surface area (Å²) < 4.78 is 8.03. The molecule has 1 heterocycles. The van der Waals surface area contributed by atoms with Crippen LogP contribution in [-0.4, -0.2) is 41.4 Å². The monoisotopic (exact) mass is 282 g/mol. The van der Waals surface area contributed by atoms with Crippen molar-refractivity contribution in [3.8, 4) is 0 Å². The first-order chi connectivity index (χ1) is 9.45. The molecule has 1 aliphatic carbocycles. The Morgan fingerprint density at radius 3 is 2.30 bits per heavy atom. The van der Waals surface area contributed by atoms with Crippen LogP contribution in [0.4, 0.5) is 5.95 Å². The molecule has 0 saturated heterocycles. The van der Waals surface area contributed by atoms with Crippen molar-refractivity contribution in [1.29, 1.82) is 0 Å². The quantitative estimate of drug-likeness (QED) is 0.788. The van der Waals surface area contributed by atoms with Crippen LogP contribution >= 0.6 is 0 Å². The molecule has 2 rings (SSSR count). The minimum Gasteiger partial charge on any atom is -0.381 e. The summed E-state index contributed by atoms with van der Waals surface area (Å²) in [6, 6.07) is -0.0729. The van der Waals surface area contributed by atoms with Gasteiger partial charge in [-0.15, -0.1) is 0 Å². The van der Waals surface area contributed by atoms with Crippen LogP contribution in [0.2, 0.25) is 0 Å². The highest BCUT2D eigenvalue weighted by Crippen LogP contribution is 2.27. The molecule has 0 N–H and O–H groups in total. The first-order valence-corrected chi connectivity index (χ1v) is 6.85. The lowest BCUT2D eigenvalue weighted by Gasteiger charge is -2.28. The number of anilines is 1. The zero-order valence-corrected chi connectivity index (χ0v) is 12.5. The third-order valence-electron chi connectivity index (χ3n) is 3.94. The van der Waals surface area contributed by atoms with Crippen molar-refractivity contribution in [1.82, 2.24) is 14.1 Å². The highest BCUT2D eigenvalue weighted by atomic mass is 16.5. The van der Waals surface area contributed by atoms with Gasteiger partial charge < -0.3 is 9.64 Å². The van der Waals surface area contributed by atoms with Crippen molar-refractivity contribution in [2.24, 2.45) is 7.05 Å². The Morgan fingerprint density at radius 1 is 1.20 bits per heavy atom. The molecule has 0 amide bonds. The molecular weight excluding hydrogens is 260 g/mol. The zero-order valence-electron chi connectivity index (χ0n) is 12.5. The van der Waals surface area contributed by atoms with Gasteiger partial charge in [0.15, 0.2) is 0 Å². The summed E-state index contributed by atoms with van der Waals surface area (Å²) in [5.41, 5.74) is -0.757. The molecule has 0 bridgehead atoms. The number of hydrogen-bond donors (Lipinski definition) is 0. The topological polar surface area (TPSA) is 69.4 Å². The highest BCUT2D eigenvalue weighted by molar-refractivity contribution is 5.25. The fraction of sp³-hybridized carbons (Fsp3) is 0.769. The summed E-state index contributed by atoms with van der Waals surface area (Å²) in [7, 11) is 6.86. The van der Waals surface area contributed by atoms with E-state index in [9.17, 15) is 9.59 Å². The third kappa shape index (κ3) is 2.63. The van der Waals surface area contributed by atoms with Gasteiger partial charge in [-0.2, -0.15) is 4.98 Å². The lowest BCUT2D eigenvalue weighted by atomic mass is 9.93. The largest absolute Gasteiger partial charge is 0.381 e. The van der Waals surface area contributed by atoms with Gasteiger partial charge in [-0.3, -0.25) is 4.57 Å². The molecule has 20 heavy (non-hydrogen) atoms. The molecule has 1 aliphatic rings. The molecule has 0 unspecified atom stereocenters. The van der Waals surface area contributed by atoms with Crippen LogP contribution in [0.1, 0.15) is 31.7 Å². The van der Waals surface area contributed by atoms with E-state index in [2.05, 4.69) is 4.98 Å². The first kappa shape index (κ1) is 14.8. The van der Waals surface area contributed by atoms with E-state index in [1.807, 2.05) is 0 Å². The Balaban J connectivity index is 2.37. The Morgan fingerprint density at radius 2 is 1.80 bits per heavy atom. The summed E-state index contributed by atoms with van der Waals surface area (Å²) in [6.07, 6.45) is 3.52. The van der Waals surface area contributed by atoms with Crippen LogP contribution in [0.15, 0.2) is 9.59 Å². The molecule has 7 nitrogen and oxygen atoms in total. The highest BCUT2D eigenvalue weighted by Gasteiger charge is 2.25. The van der Waals surface area contributed by atoms with E-state index in [0.717, 1.165) is 25.7 Å². The molecule has 0 atom stereocenters. The van der Waals surface area contributed by atoms with Crippen molar-refractivity contribution in [3.63, 3.8) is 0 Å². The normalized spacial score (nSPS) is 22.8. The maximum Gasteiger partial charge on any atom is 0.355 e. The van der Waals surface area contributed by atoms with Crippen LogP contribution < -0.4 is 16.3 Å². The van der Waals surface area contributed by atoms with Gasteiger partial charge >= 0.3 is 11.4 Å². The van der Waals surface area contributed by atoms with E-state index in [-0.39, 0.29) is 17.8 Å². The Labute approximate surface area is 117 Å². The predicted molar refractivity (Wildman–Crippen MR) is 76.4 cm³/mol. The number of methoxy groups -OCH3 is 1. The molecule has 0 spiro atoms. The molecule has 1 aromatic heterocycles. The summed E-state index contributed by atoms with van der Waals surface area (Å²) in [5, 5.41) is 0. The Kier molecular flexibility index (Phi) is 4.27. The molecule has 7 heteroatoms. The maximum atomic E-state index is 12.4. The fourth-order valence-corrected chi connectivity index (χ4v) is 2.79. The van der Waals surface area contributed by atoms with Gasteiger partial charge in [0.05, 0.1) is 6.10 Å². The standard InChI is InChI=1S/C13H22N4O3/c1-15(2)11-14-12(18)17(13(19)16(11)3)9-5-7-10(20-4)8-6-9/h9-10H,5-8H2,1-4H3. The molecule has 0 aromatic carbocycles.